The van der Waals surface area contributed by atoms with Gasteiger partial charge in [0.1, 0.15) is 5.01 Å². The monoisotopic (exact) mass is 346 g/mol. The summed E-state index contributed by atoms with van der Waals surface area (Å²) in [7, 11) is 6.16. The molecule has 0 unspecified atom stereocenters. The zero-order chi connectivity index (χ0) is 17.1. The Morgan fingerprint density at radius 1 is 1.38 bits per heavy atom. The number of benzene rings is 1. The number of amides is 1. The lowest BCUT2D eigenvalue weighted by atomic mass is 10.2. The molecular weight excluding hydrogens is 320 g/mol. The first-order valence-electron chi connectivity index (χ1n) is 8.50. The van der Waals surface area contributed by atoms with Crippen molar-refractivity contribution < 1.29 is 4.79 Å². The van der Waals surface area contributed by atoms with Crippen molar-refractivity contribution in [2.75, 3.05) is 40.8 Å². The molecule has 0 radical (unpaired) electrons. The second-order valence-electron chi connectivity index (χ2n) is 6.76. The third kappa shape index (κ3) is 4.12. The lowest BCUT2D eigenvalue weighted by Gasteiger charge is -2.25. The molecule has 0 spiro atoms. The van der Waals surface area contributed by atoms with Crippen molar-refractivity contribution in [1.29, 1.82) is 0 Å². The molecule has 24 heavy (non-hydrogen) atoms. The fourth-order valence-corrected chi connectivity index (χ4v) is 4.22. The Bertz CT molecular complexity index is 668. The van der Waals surface area contributed by atoms with E-state index in [0.717, 1.165) is 30.2 Å². The topological polar surface area (TPSA) is 39.7 Å². The van der Waals surface area contributed by atoms with Gasteiger partial charge in [0.05, 0.1) is 16.8 Å². The number of fused-ring (bicyclic) bond motifs is 1. The number of aromatic nitrogens is 1. The molecule has 1 aliphatic heterocycles. The zero-order valence-corrected chi connectivity index (χ0v) is 15.6. The summed E-state index contributed by atoms with van der Waals surface area (Å²) in [6.45, 7) is 3.67. The second-order valence-corrected chi connectivity index (χ2v) is 7.88. The van der Waals surface area contributed by atoms with Crippen molar-refractivity contribution in [3.63, 3.8) is 0 Å². The van der Waals surface area contributed by atoms with Crippen LogP contribution in [0.15, 0.2) is 24.3 Å². The van der Waals surface area contributed by atoms with Crippen molar-refractivity contribution in [1.82, 2.24) is 19.7 Å². The van der Waals surface area contributed by atoms with E-state index in [0.29, 0.717) is 19.0 Å². The molecule has 0 N–H and O–H groups in total. The minimum Gasteiger partial charge on any atom is -0.339 e. The first-order valence-corrected chi connectivity index (χ1v) is 9.32. The molecular formula is C18H26N4OS. The Balaban J connectivity index is 1.49. The van der Waals surface area contributed by atoms with Gasteiger partial charge in [-0.15, -0.1) is 11.3 Å². The van der Waals surface area contributed by atoms with Gasteiger partial charge in [0.2, 0.25) is 5.91 Å². The quantitative estimate of drug-likeness (QED) is 0.804. The van der Waals surface area contributed by atoms with Crippen molar-refractivity contribution >= 4 is 27.5 Å². The second kappa shape index (κ2) is 7.59. The minimum atomic E-state index is 0.187. The number of para-hydroxylation sites is 1. The highest BCUT2D eigenvalue weighted by molar-refractivity contribution is 7.18. The number of likely N-dealkylation sites (tertiary alicyclic amines) is 1. The zero-order valence-electron chi connectivity index (χ0n) is 14.7. The molecule has 1 saturated heterocycles. The molecule has 1 aromatic carbocycles. The summed E-state index contributed by atoms with van der Waals surface area (Å²) in [4.78, 5) is 23.5. The largest absolute Gasteiger partial charge is 0.339 e. The lowest BCUT2D eigenvalue weighted by molar-refractivity contribution is -0.130. The van der Waals surface area contributed by atoms with E-state index in [1.54, 1.807) is 16.2 Å². The van der Waals surface area contributed by atoms with Crippen molar-refractivity contribution in [2.24, 2.45) is 0 Å². The maximum absolute atomic E-state index is 12.4. The van der Waals surface area contributed by atoms with Gasteiger partial charge < -0.3 is 14.7 Å². The lowest BCUT2D eigenvalue weighted by Crippen LogP contribution is -2.37. The normalized spacial score (nSPS) is 18.6. The minimum absolute atomic E-state index is 0.187. The van der Waals surface area contributed by atoms with Gasteiger partial charge in [0.25, 0.3) is 0 Å². The van der Waals surface area contributed by atoms with E-state index in [2.05, 4.69) is 34.9 Å². The average Bonchev–Trinajstić information content (AvgIpc) is 3.17. The number of hydrogen-bond acceptors (Lipinski definition) is 5. The number of rotatable bonds is 6. The molecule has 0 bridgehead atoms. The third-order valence-electron chi connectivity index (χ3n) is 4.80. The van der Waals surface area contributed by atoms with Crippen LogP contribution in [0.25, 0.3) is 10.2 Å². The highest BCUT2D eigenvalue weighted by Gasteiger charge is 2.23. The van der Waals surface area contributed by atoms with Crippen LogP contribution < -0.4 is 0 Å². The van der Waals surface area contributed by atoms with Gasteiger partial charge in [-0.3, -0.25) is 4.79 Å². The summed E-state index contributed by atoms with van der Waals surface area (Å²) in [5, 5.41) is 0.998. The van der Waals surface area contributed by atoms with E-state index in [4.69, 9.17) is 0 Å². The Morgan fingerprint density at radius 2 is 2.17 bits per heavy atom. The molecule has 1 amide bonds. The van der Waals surface area contributed by atoms with Gasteiger partial charge in [-0.05, 0) is 39.2 Å². The standard InChI is InChI=1S/C18H26N4OS/c1-20-10-8-14(12-20)21(2)11-9-18(23)22(3)13-17-19-15-6-4-5-7-16(15)24-17/h4-7,14H,8-13H2,1-3H3/t14-/m1/s1. The molecule has 3 rings (SSSR count). The summed E-state index contributed by atoms with van der Waals surface area (Å²) in [6.07, 6.45) is 1.76. The summed E-state index contributed by atoms with van der Waals surface area (Å²) < 4.78 is 1.18. The number of hydrogen-bond donors (Lipinski definition) is 0. The van der Waals surface area contributed by atoms with Gasteiger partial charge in [0.15, 0.2) is 0 Å². The van der Waals surface area contributed by atoms with Crippen molar-refractivity contribution in [3.8, 4) is 0 Å². The number of likely N-dealkylation sites (N-methyl/N-ethyl adjacent to an activating group) is 2. The number of carbonyl (C=O) groups excluding carboxylic acids is 1. The van der Waals surface area contributed by atoms with Crippen LogP contribution in [-0.2, 0) is 11.3 Å². The van der Waals surface area contributed by atoms with E-state index in [1.807, 2.05) is 25.2 Å². The van der Waals surface area contributed by atoms with Gasteiger partial charge in [0, 0.05) is 32.6 Å². The van der Waals surface area contributed by atoms with Crippen molar-refractivity contribution in [3.05, 3.63) is 29.3 Å². The third-order valence-corrected chi connectivity index (χ3v) is 5.83. The number of thiazole rings is 1. The van der Waals surface area contributed by atoms with Gasteiger partial charge in [-0.1, -0.05) is 12.1 Å². The van der Waals surface area contributed by atoms with E-state index in [-0.39, 0.29) is 5.91 Å². The van der Waals surface area contributed by atoms with Crippen molar-refractivity contribution in [2.45, 2.75) is 25.4 Å². The molecule has 0 aliphatic carbocycles. The summed E-state index contributed by atoms with van der Waals surface area (Å²) in [5.41, 5.74) is 1.02. The van der Waals surface area contributed by atoms with E-state index in [1.165, 1.54) is 11.1 Å². The molecule has 0 saturated carbocycles. The smallest absolute Gasteiger partial charge is 0.223 e. The molecule has 1 fully saturated rings. The Labute approximate surface area is 147 Å². The van der Waals surface area contributed by atoms with E-state index < -0.39 is 0 Å². The fourth-order valence-electron chi connectivity index (χ4n) is 3.20. The molecule has 2 heterocycles. The predicted octanol–water partition coefficient (Wildman–Crippen LogP) is 2.28. The maximum atomic E-state index is 12.4. The van der Waals surface area contributed by atoms with E-state index in [9.17, 15) is 4.79 Å². The van der Waals surface area contributed by atoms with Crippen LogP contribution in [0.2, 0.25) is 0 Å². The maximum Gasteiger partial charge on any atom is 0.223 e. The average molecular weight is 347 g/mol. The first kappa shape index (κ1) is 17.3. The molecule has 6 heteroatoms. The summed E-state index contributed by atoms with van der Waals surface area (Å²) in [5.74, 6) is 0.187. The highest BCUT2D eigenvalue weighted by Crippen LogP contribution is 2.22. The molecule has 130 valence electrons. The highest BCUT2D eigenvalue weighted by atomic mass is 32.1. The predicted molar refractivity (Wildman–Crippen MR) is 99.2 cm³/mol. The SMILES string of the molecule is CN1CC[C@@H](N(C)CCC(=O)N(C)Cc2nc3ccccc3s2)C1. The van der Waals surface area contributed by atoms with Crippen LogP contribution in [-0.4, -0.2) is 72.4 Å². The Hall–Kier alpha value is -1.50. The molecule has 1 aliphatic rings. The summed E-state index contributed by atoms with van der Waals surface area (Å²) in [6, 6.07) is 8.70. The Morgan fingerprint density at radius 3 is 2.88 bits per heavy atom. The number of carbonyl (C=O) groups is 1. The number of nitrogens with zero attached hydrogens (tertiary/aromatic N) is 4. The molecule has 2 aromatic rings. The molecule has 1 aromatic heterocycles. The van der Waals surface area contributed by atoms with Crippen LogP contribution in [0.4, 0.5) is 0 Å². The van der Waals surface area contributed by atoms with Crippen LogP contribution in [0.5, 0.6) is 0 Å². The van der Waals surface area contributed by atoms with Gasteiger partial charge in [-0.25, -0.2) is 4.98 Å². The summed E-state index contributed by atoms with van der Waals surface area (Å²) >= 11 is 1.67. The van der Waals surface area contributed by atoms with Crippen LogP contribution in [0.1, 0.15) is 17.8 Å². The Kier molecular flexibility index (Phi) is 5.48. The van der Waals surface area contributed by atoms with Gasteiger partial charge >= 0.3 is 0 Å². The van der Waals surface area contributed by atoms with Gasteiger partial charge in [-0.2, -0.15) is 0 Å². The molecule has 5 nitrogen and oxygen atoms in total. The van der Waals surface area contributed by atoms with Crippen LogP contribution in [0.3, 0.4) is 0 Å². The van der Waals surface area contributed by atoms with Crippen LogP contribution in [0, 0.1) is 0 Å². The van der Waals surface area contributed by atoms with Crippen LogP contribution >= 0.6 is 11.3 Å². The fraction of sp³-hybridized carbons (Fsp3) is 0.556. The molecule has 1 atom stereocenters. The van der Waals surface area contributed by atoms with E-state index >= 15 is 0 Å². The first-order chi connectivity index (χ1) is 11.5.